The molecular weight excluding hydrogens is 357 g/mol. The molecule has 0 amide bonds. The van der Waals surface area contributed by atoms with E-state index in [-0.39, 0.29) is 34.5 Å². The Morgan fingerprint density at radius 1 is 1.33 bits per heavy atom. The van der Waals surface area contributed by atoms with Crippen LogP contribution in [0.2, 0.25) is 10.0 Å². The Hall–Kier alpha value is -0.0400. The fourth-order valence-corrected chi connectivity index (χ4v) is 5.12. The highest BCUT2D eigenvalue weighted by Gasteiger charge is 2.35. The molecule has 0 aromatic heterocycles. The van der Waals surface area contributed by atoms with Crippen LogP contribution in [-0.2, 0) is 20.6 Å². The first-order valence-electron chi connectivity index (χ1n) is 6.44. The second-order valence-corrected chi connectivity index (χ2v) is 8.02. The Kier molecular flexibility index (Phi) is 5.45. The second kappa shape index (κ2) is 6.60. The lowest BCUT2D eigenvalue weighted by molar-refractivity contribution is -0.0170. The van der Waals surface area contributed by atoms with Gasteiger partial charge in [-0.1, -0.05) is 23.2 Å². The summed E-state index contributed by atoms with van der Waals surface area (Å²) in [6, 6.07) is 2.67. The summed E-state index contributed by atoms with van der Waals surface area (Å²) in [6.45, 7) is 4.26. The summed E-state index contributed by atoms with van der Waals surface area (Å²) in [7, 11) is -3.75. The fourth-order valence-electron chi connectivity index (χ4n) is 2.24. The number of hydrogen-bond donors (Lipinski definition) is 0. The van der Waals surface area contributed by atoms with Crippen LogP contribution in [0.25, 0.3) is 0 Å². The molecule has 0 bridgehead atoms. The summed E-state index contributed by atoms with van der Waals surface area (Å²) in [5, 5.41) is 0.420. The number of hydrogen-bond acceptors (Lipinski definition) is 3. The van der Waals surface area contributed by atoms with Crippen LogP contribution in [0.1, 0.15) is 19.4 Å². The third-order valence-corrected chi connectivity index (χ3v) is 6.43. The molecule has 1 heterocycles. The number of ether oxygens (including phenoxy) is 1. The van der Waals surface area contributed by atoms with Gasteiger partial charge in [-0.25, -0.2) is 8.42 Å². The smallest absolute Gasteiger partial charge is 0.245 e. The van der Waals surface area contributed by atoms with Crippen molar-refractivity contribution >= 4 is 44.8 Å². The number of halogens is 3. The minimum Gasteiger partial charge on any atom is -0.375 e. The van der Waals surface area contributed by atoms with E-state index < -0.39 is 10.0 Å². The molecule has 21 heavy (non-hydrogen) atoms. The fraction of sp³-hybridized carbons (Fsp3) is 0.538. The van der Waals surface area contributed by atoms with Gasteiger partial charge in [0.1, 0.15) is 4.90 Å². The predicted molar refractivity (Wildman–Crippen MR) is 84.8 cm³/mol. The largest absolute Gasteiger partial charge is 0.375 e. The summed E-state index contributed by atoms with van der Waals surface area (Å²) in [4.78, 5) is -0.00623. The van der Waals surface area contributed by atoms with Crippen LogP contribution in [0.15, 0.2) is 17.0 Å². The van der Waals surface area contributed by atoms with Crippen LogP contribution in [-0.4, -0.2) is 38.0 Å². The van der Waals surface area contributed by atoms with E-state index in [0.29, 0.717) is 17.2 Å². The molecule has 2 rings (SSSR count). The maximum atomic E-state index is 12.9. The second-order valence-electron chi connectivity index (χ2n) is 5.08. The van der Waals surface area contributed by atoms with E-state index >= 15 is 0 Å². The molecule has 118 valence electrons. The monoisotopic (exact) mass is 371 g/mol. The number of morpholine rings is 1. The first kappa shape index (κ1) is 17.3. The highest BCUT2D eigenvalue weighted by atomic mass is 35.5. The third-order valence-electron chi connectivity index (χ3n) is 3.36. The zero-order chi connectivity index (χ0) is 15.8. The molecule has 0 spiro atoms. The SMILES string of the molecule is CC1CN(S(=O)(=O)c2cc(Cl)cc(CCl)c2Cl)C(C)CO1. The Bertz CT molecular complexity index is 636. The first-order chi connectivity index (χ1) is 9.77. The molecule has 1 aliphatic rings. The minimum atomic E-state index is -3.75. The van der Waals surface area contributed by atoms with Gasteiger partial charge in [0.15, 0.2) is 0 Å². The van der Waals surface area contributed by atoms with E-state index in [4.69, 9.17) is 39.5 Å². The van der Waals surface area contributed by atoms with E-state index in [9.17, 15) is 8.42 Å². The molecule has 0 aliphatic carbocycles. The summed E-state index contributed by atoms with van der Waals surface area (Å²) < 4.78 is 32.6. The van der Waals surface area contributed by atoms with Gasteiger partial charge in [-0.05, 0) is 31.5 Å². The molecule has 2 unspecified atom stereocenters. The molecule has 8 heteroatoms. The predicted octanol–water partition coefficient (Wildman–Crippen LogP) is 3.53. The maximum absolute atomic E-state index is 12.9. The molecular formula is C13H16Cl3NO3S. The van der Waals surface area contributed by atoms with Crippen molar-refractivity contribution in [2.75, 3.05) is 13.2 Å². The van der Waals surface area contributed by atoms with Gasteiger partial charge in [0.25, 0.3) is 0 Å². The lowest BCUT2D eigenvalue weighted by Gasteiger charge is -2.36. The van der Waals surface area contributed by atoms with Crippen molar-refractivity contribution in [3.8, 4) is 0 Å². The summed E-state index contributed by atoms with van der Waals surface area (Å²) in [6.07, 6.45) is -0.165. The quantitative estimate of drug-likeness (QED) is 0.763. The highest BCUT2D eigenvalue weighted by Crippen LogP contribution is 2.33. The maximum Gasteiger partial charge on any atom is 0.245 e. The van der Waals surface area contributed by atoms with Crippen molar-refractivity contribution in [2.45, 2.75) is 36.8 Å². The Labute approximate surface area is 140 Å². The van der Waals surface area contributed by atoms with Crippen LogP contribution in [0, 0.1) is 0 Å². The van der Waals surface area contributed by atoms with Gasteiger partial charge < -0.3 is 4.74 Å². The van der Waals surface area contributed by atoms with Gasteiger partial charge in [0.05, 0.1) is 17.7 Å². The molecule has 1 saturated heterocycles. The van der Waals surface area contributed by atoms with Gasteiger partial charge in [0, 0.05) is 23.5 Å². The van der Waals surface area contributed by atoms with Crippen LogP contribution in [0.3, 0.4) is 0 Å². The molecule has 1 fully saturated rings. The first-order valence-corrected chi connectivity index (χ1v) is 9.17. The molecule has 1 aromatic rings. The molecule has 0 N–H and O–H groups in total. The highest BCUT2D eigenvalue weighted by molar-refractivity contribution is 7.89. The topological polar surface area (TPSA) is 46.6 Å². The van der Waals surface area contributed by atoms with Crippen molar-refractivity contribution in [3.63, 3.8) is 0 Å². The van der Waals surface area contributed by atoms with Crippen LogP contribution in [0.5, 0.6) is 0 Å². The van der Waals surface area contributed by atoms with Crippen LogP contribution >= 0.6 is 34.8 Å². The summed E-state index contributed by atoms with van der Waals surface area (Å²) in [5.74, 6) is 0.0942. The molecule has 0 radical (unpaired) electrons. The van der Waals surface area contributed by atoms with Crippen LogP contribution in [0.4, 0.5) is 0 Å². The molecule has 4 nitrogen and oxygen atoms in total. The molecule has 2 atom stereocenters. The average molecular weight is 373 g/mol. The van der Waals surface area contributed by atoms with E-state index in [1.54, 1.807) is 13.0 Å². The van der Waals surface area contributed by atoms with Gasteiger partial charge in [0.2, 0.25) is 10.0 Å². The minimum absolute atomic E-state index is 0.00623. The third kappa shape index (κ3) is 3.49. The number of benzene rings is 1. The van der Waals surface area contributed by atoms with Gasteiger partial charge in [-0.3, -0.25) is 0 Å². The Balaban J connectivity index is 2.51. The summed E-state index contributed by atoms with van der Waals surface area (Å²) >= 11 is 18.0. The normalized spacial score (nSPS) is 24.2. The van der Waals surface area contributed by atoms with E-state index in [2.05, 4.69) is 0 Å². The Morgan fingerprint density at radius 2 is 2.00 bits per heavy atom. The molecule has 1 aromatic carbocycles. The summed E-state index contributed by atoms with van der Waals surface area (Å²) in [5.41, 5.74) is 0.498. The zero-order valence-electron chi connectivity index (χ0n) is 11.6. The number of nitrogens with zero attached hydrogens (tertiary/aromatic N) is 1. The van der Waals surface area contributed by atoms with Crippen molar-refractivity contribution in [3.05, 3.63) is 27.7 Å². The van der Waals surface area contributed by atoms with Gasteiger partial charge in [-0.2, -0.15) is 4.31 Å². The number of sulfonamides is 1. The molecule has 0 saturated carbocycles. The van der Waals surface area contributed by atoms with Crippen molar-refractivity contribution in [1.82, 2.24) is 4.31 Å². The van der Waals surface area contributed by atoms with Gasteiger partial charge >= 0.3 is 0 Å². The Morgan fingerprint density at radius 3 is 2.62 bits per heavy atom. The van der Waals surface area contributed by atoms with Gasteiger partial charge in [-0.15, -0.1) is 11.6 Å². The van der Waals surface area contributed by atoms with E-state index in [1.165, 1.54) is 10.4 Å². The lowest BCUT2D eigenvalue weighted by Crippen LogP contribution is -2.50. The van der Waals surface area contributed by atoms with Crippen molar-refractivity contribution in [1.29, 1.82) is 0 Å². The number of alkyl halides is 1. The molecule has 1 aliphatic heterocycles. The van der Waals surface area contributed by atoms with E-state index in [0.717, 1.165) is 0 Å². The van der Waals surface area contributed by atoms with Crippen LogP contribution < -0.4 is 0 Å². The standard InChI is InChI=1S/C13H16Cl3NO3S/c1-8-7-20-9(2)6-17(8)21(18,19)12-4-11(15)3-10(5-14)13(12)16/h3-4,8-9H,5-7H2,1-2H3. The van der Waals surface area contributed by atoms with E-state index in [1.807, 2.05) is 6.92 Å². The lowest BCUT2D eigenvalue weighted by atomic mass is 10.2. The van der Waals surface area contributed by atoms with Crippen molar-refractivity contribution < 1.29 is 13.2 Å². The van der Waals surface area contributed by atoms with Crippen molar-refractivity contribution in [2.24, 2.45) is 0 Å². The zero-order valence-corrected chi connectivity index (χ0v) is 14.7. The number of rotatable bonds is 3. The average Bonchev–Trinajstić information content (AvgIpc) is 2.43.